The number of hydrogen-bond donors (Lipinski definition) is 0. The van der Waals surface area contributed by atoms with Crippen LogP contribution in [-0.2, 0) is 25.5 Å². The van der Waals surface area contributed by atoms with E-state index in [2.05, 4.69) is 15.7 Å². The molecule has 5 heteroatoms. The summed E-state index contributed by atoms with van der Waals surface area (Å²) in [6, 6.07) is 10.1. The van der Waals surface area contributed by atoms with Gasteiger partial charge in [-0.25, -0.2) is 4.79 Å². The summed E-state index contributed by atoms with van der Waals surface area (Å²) in [5.74, 6) is -0.233. The van der Waals surface area contributed by atoms with Crippen molar-refractivity contribution in [2.75, 3.05) is 33.4 Å². The summed E-state index contributed by atoms with van der Waals surface area (Å²) >= 11 is 0. The Bertz CT molecular complexity index is 639. The minimum Gasteiger partial charge on any atom is -0.467 e. The van der Waals surface area contributed by atoms with Crippen LogP contribution in [-0.4, -0.2) is 56.1 Å². The number of esters is 1. The van der Waals surface area contributed by atoms with Crippen LogP contribution in [0, 0.1) is 0 Å². The van der Waals surface area contributed by atoms with Crippen LogP contribution in [0.4, 0.5) is 0 Å². The molecule has 1 aliphatic rings. The first kappa shape index (κ1) is 21.1. The zero-order chi connectivity index (χ0) is 19.3. The molecule has 5 nitrogen and oxygen atoms in total. The second kappa shape index (κ2) is 12.2. The molecule has 1 aromatic carbocycles. The lowest BCUT2D eigenvalue weighted by atomic mass is 10.0. The molecule has 1 heterocycles. The van der Waals surface area contributed by atoms with Gasteiger partial charge < -0.3 is 9.47 Å². The first-order valence-corrected chi connectivity index (χ1v) is 9.47. The molecule has 1 fully saturated rings. The SMILES string of the molecule is COC(=O)COC/C=C\CN1CCCC[C@@H]1/C=C/C(=O)Cc1ccccc1. The van der Waals surface area contributed by atoms with Crippen LogP contribution in [0.15, 0.2) is 54.6 Å². The van der Waals surface area contributed by atoms with Gasteiger partial charge in [-0.15, -0.1) is 0 Å². The highest BCUT2D eigenvalue weighted by molar-refractivity contribution is 5.91. The van der Waals surface area contributed by atoms with E-state index < -0.39 is 0 Å². The Morgan fingerprint density at radius 2 is 2.00 bits per heavy atom. The lowest BCUT2D eigenvalue weighted by Gasteiger charge is -2.33. The van der Waals surface area contributed by atoms with E-state index in [9.17, 15) is 9.59 Å². The molecule has 2 rings (SSSR count). The van der Waals surface area contributed by atoms with Gasteiger partial charge in [0.05, 0.1) is 13.7 Å². The van der Waals surface area contributed by atoms with Gasteiger partial charge in [0.1, 0.15) is 6.61 Å². The third-order valence-corrected chi connectivity index (χ3v) is 4.56. The topological polar surface area (TPSA) is 55.8 Å². The van der Waals surface area contributed by atoms with Crippen molar-refractivity contribution in [1.29, 1.82) is 0 Å². The standard InChI is InChI=1S/C22H29NO4/c1-26-22(25)18-27-16-8-7-15-23-14-6-5-11-20(23)12-13-21(24)17-19-9-3-2-4-10-19/h2-4,7-10,12-13,20H,5-6,11,14-18H2,1H3/b8-7-,13-12+/t20-/m1/s1. The highest BCUT2D eigenvalue weighted by Crippen LogP contribution is 2.18. The number of ether oxygens (including phenoxy) is 2. The average Bonchev–Trinajstić information content (AvgIpc) is 2.70. The van der Waals surface area contributed by atoms with Crippen molar-refractivity contribution < 1.29 is 19.1 Å². The maximum Gasteiger partial charge on any atom is 0.331 e. The lowest BCUT2D eigenvalue weighted by molar-refractivity contribution is -0.145. The molecule has 27 heavy (non-hydrogen) atoms. The summed E-state index contributed by atoms with van der Waals surface area (Å²) < 4.78 is 9.72. The maximum atomic E-state index is 12.2. The summed E-state index contributed by atoms with van der Waals surface area (Å²) in [4.78, 5) is 25.5. The summed E-state index contributed by atoms with van der Waals surface area (Å²) in [5.41, 5.74) is 1.04. The zero-order valence-electron chi connectivity index (χ0n) is 16.0. The molecule has 0 aliphatic carbocycles. The molecule has 0 N–H and O–H groups in total. The molecule has 0 radical (unpaired) electrons. The van der Waals surface area contributed by atoms with Crippen LogP contribution in [0.1, 0.15) is 24.8 Å². The highest BCUT2D eigenvalue weighted by Gasteiger charge is 2.19. The molecular formula is C22H29NO4. The van der Waals surface area contributed by atoms with Gasteiger partial charge in [-0.05, 0) is 31.0 Å². The fourth-order valence-corrected chi connectivity index (χ4v) is 3.08. The normalized spacial score (nSPS) is 18.2. The van der Waals surface area contributed by atoms with E-state index in [1.165, 1.54) is 20.0 Å². The second-order valence-electron chi connectivity index (χ2n) is 6.61. The number of benzene rings is 1. The zero-order valence-corrected chi connectivity index (χ0v) is 16.0. The van der Waals surface area contributed by atoms with Gasteiger partial charge in [-0.3, -0.25) is 9.69 Å². The van der Waals surface area contributed by atoms with Gasteiger partial charge in [0.2, 0.25) is 0 Å². The van der Waals surface area contributed by atoms with Crippen LogP contribution in [0.2, 0.25) is 0 Å². The summed E-state index contributed by atoms with van der Waals surface area (Å²) in [5, 5.41) is 0. The molecule has 1 atom stereocenters. The van der Waals surface area contributed by atoms with Gasteiger partial charge in [-0.1, -0.05) is 55.0 Å². The summed E-state index contributed by atoms with van der Waals surface area (Å²) in [7, 11) is 1.34. The van der Waals surface area contributed by atoms with E-state index >= 15 is 0 Å². The fraction of sp³-hybridized carbons (Fsp3) is 0.455. The number of nitrogens with zero attached hydrogens (tertiary/aromatic N) is 1. The number of piperidine rings is 1. The van der Waals surface area contributed by atoms with Gasteiger partial charge in [0, 0.05) is 19.0 Å². The van der Waals surface area contributed by atoms with Crippen molar-refractivity contribution in [2.24, 2.45) is 0 Å². The quantitative estimate of drug-likeness (QED) is 0.274. The molecule has 1 aliphatic heterocycles. The third kappa shape index (κ3) is 8.33. The van der Waals surface area contributed by atoms with E-state index in [0.29, 0.717) is 19.1 Å². The number of ketones is 1. The average molecular weight is 371 g/mol. The summed E-state index contributed by atoms with van der Waals surface area (Å²) in [6.07, 6.45) is 11.6. The Kier molecular flexibility index (Phi) is 9.52. The minimum absolute atomic E-state index is 0.0283. The Morgan fingerprint density at radius 1 is 1.19 bits per heavy atom. The van der Waals surface area contributed by atoms with Crippen molar-refractivity contribution in [3.63, 3.8) is 0 Å². The number of methoxy groups -OCH3 is 1. The Balaban J connectivity index is 1.76. The van der Waals surface area contributed by atoms with Crippen molar-refractivity contribution in [3.05, 3.63) is 60.2 Å². The molecule has 146 valence electrons. The minimum atomic E-state index is -0.371. The number of hydrogen-bond acceptors (Lipinski definition) is 5. The molecule has 0 unspecified atom stereocenters. The van der Waals surface area contributed by atoms with E-state index in [0.717, 1.165) is 25.1 Å². The smallest absolute Gasteiger partial charge is 0.331 e. The first-order chi connectivity index (χ1) is 13.2. The monoisotopic (exact) mass is 371 g/mol. The maximum absolute atomic E-state index is 12.2. The largest absolute Gasteiger partial charge is 0.467 e. The van der Waals surface area contributed by atoms with Crippen LogP contribution < -0.4 is 0 Å². The van der Waals surface area contributed by atoms with Crippen LogP contribution >= 0.6 is 0 Å². The molecule has 1 aromatic rings. The fourth-order valence-electron chi connectivity index (χ4n) is 3.08. The van der Waals surface area contributed by atoms with Crippen molar-refractivity contribution >= 4 is 11.8 Å². The molecule has 0 saturated carbocycles. The molecular weight excluding hydrogens is 342 g/mol. The van der Waals surface area contributed by atoms with E-state index in [-0.39, 0.29) is 18.4 Å². The van der Waals surface area contributed by atoms with E-state index in [4.69, 9.17) is 4.74 Å². The lowest BCUT2D eigenvalue weighted by Crippen LogP contribution is -2.38. The number of carbonyl (C=O) groups excluding carboxylic acids is 2. The van der Waals surface area contributed by atoms with Gasteiger partial charge in [-0.2, -0.15) is 0 Å². The summed E-state index contributed by atoms with van der Waals surface area (Å²) in [6.45, 7) is 2.19. The number of rotatable bonds is 10. The number of allylic oxidation sites excluding steroid dienone is 1. The third-order valence-electron chi connectivity index (χ3n) is 4.56. The Labute approximate surface area is 161 Å². The number of likely N-dealkylation sites (tertiary alicyclic amines) is 1. The van der Waals surface area contributed by atoms with E-state index in [1.807, 2.05) is 42.5 Å². The van der Waals surface area contributed by atoms with Crippen LogP contribution in [0.5, 0.6) is 0 Å². The van der Waals surface area contributed by atoms with Crippen molar-refractivity contribution in [1.82, 2.24) is 4.90 Å². The van der Waals surface area contributed by atoms with E-state index in [1.54, 1.807) is 6.08 Å². The van der Waals surface area contributed by atoms with Crippen molar-refractivity contribution in [3.8, 4) is 0 Å². The molecule has 0 amide bonds. The number of carbonyl (C=O) groups is 2. The molecule has 0 spiro atoms. The molecule has 1 saturated heterocycles. The Hall–Kier alpha value is -2.24. The first-order valence-electron chi connectivity index (χ1n) is 9.47. The highest BCUT2D eigenvalue weighted by atomic mass is 16.6. The van der Waals surface area contributed by atoms with Crippen LogP contribution in [0.3, 0.4) is 0 Å². The van der Waals surface area contributed by atoms with Gasteiger partial charge >= 0.3 is 5.97 Å². The van der Waals surface area contributed by atoms with Gasteiger partial charge in [0.15, 0.2) is 5.78 Å². The predicted molar refractivity (Wildman–Crippen MR) is 105 cm³/mol. The van der Waals surface area contributed by atoms with Crippen LogP contribution in [0.25, 0.3) is 0 Å². The molecule has 0 aromatic heterocycles. The van der Waals surface area contributed by atoms with Gasteiger partial charge in [0.25, 0.3) is 0 Å². The Morgan fingerprint density at radius 3 is 2.78 bits per heavy atom. The molecule has 0 bridgehead atoms. The second-order valence-corrected chi connectivity index (χ2v) is 6.61. The predicted octanol–water partition coefficient (Wildman–Crippen LogP) is 2.95. The van der Waals surface area contributed by atoms with Crippen molar-refractivity contribution in [2.45, 2.75) is 31.7 Å².